The topological polar surface area (TPSA) is 65.3 Å². The molecule has 0 aromatic heterocycles. The zero-order valence-electron chi connectivity index (χ0n) is 20.5. The van der Waals surface area contributed by atoms with Crippen molar-refractivity contribution >= 4 is 34.6 Å². The number of benzene rings is 2. The standard InChI is InChI=1S/C28H32N4O2/c1-31(2)27(17-7-5-8-17)29-19-11-13-21-23(15-19)25(33)22-14-12-20(16-24(22)26(21)34)30-28(32(3)4)18-9-6-10-18/h11-18H,5-10H2,1-4H3. The summed E-state index contributed by atoms with van der Waals surface area (Å²) in [5.41, 5.74) is 3.20. The number of ketones is 2. The van der Waals surface area contributed by atoms with E-state index in [1.807, 2.05) is 40.3 Å². The van der Waals surface area contributed by atoms with Gasteiger partial charge in [-0.3, -0.25) is 9.59 Å². The summed E-state index contributed by atoms with van der Waals surface area (Å²) in [6, 6.07) is 10.7. The summed E-state index contributed by atoms with van der Waals surface area (Å²) in [4.78, 5) is 40.6. The molecule has 0 unspecified atom stereocenters. The lowest BCUT2D eigenvalue weighted by molar-refractivity contribution is 0.0979. The quantitative estimate of drug-likeness (QED) is 0.398. The van der Waals surface area contributed by atoms with E-state index in [2.05, 4.69) is 9.80 Å². The molecule has 2 aromatic rings. The molecule has 2 fully saturated rings. The van der Waals surface area contributed by atoms with Gasteiger partial charge < -0.3 is 9.80 Å². The van der Waals surface area contributed by atoms with Gasteiger partial charge in [-0.1, -0.05) is 12.8 Å². The first-order chi connectivity index (χ1) is 16.3. The first-order valence-corrected chi connectivity index (χ1v) is 12.2. The largest absolute Gasteiger partial charge is 0.366 e. The van der Waals surface area contributed by atoms with Gasteiger partial charge in [0.25, 0.3) is 0 Å². The van der Waals surface area contributed by atoms with Gasteiger partial charge in [-0.05, 0) is 62.1 Å². The molecule has 176 valence electrons. The molecule has 5 rings (SSSR count). The van der Waals surface area contributed by atoms with Crippen molar-refractivity contribution in [1.82, 2.24) is 9.80 Å². The number of carbonyl (C=O) groups excluding carboxylic acids is 2. The van der Waals surface area contributed by atoms with Gasteiger partial charge in [-0.2, -0.15) is 0 Å². The second-order valence-corrected chi connectivity index (χ2v) is 10.1. The van der Waals surface area contributed by atoms with E-state index in [-0.39, 0.29) is 11.6 Å². The fourth-order valence-corrected chi connectivity index (χ4v) is 4.98. The van der Waals surface area contributed by atoms with Crippen LogP contribution in [0.5, 0.6) is 0 Å². The Morgan fingerprint density at radius 2 is 1.03 bits per heavy atom. The van der Waals surface area contributed by atoms with E-state index >= 15 is 0 Å². The molecule has 0 atom stereocenters. The van der Waals surface area contributed by atoms with Crippen LogP contribution in [0, 0.1) is 11.8 Å². The predicted octanol–water partition coefficient (Wildman–Crippen LogP) is 5.25. The lowest BCUT2D eigenvalue weighted by Gasteiger charge is -2.31. The van der Waals surface area contributed by atoms with Gasteiger partial charge in [0.2, 0.25) is 0 Å². The molecule has 0 aliphatic heterocycles. The van der Waals surface area contributed by atoms with Crippen LogP contribution in [-0.2, 0) is 0 Å². The fourth-order valence-electron chi connectivity index (χ4n) is 4.98. The minimum absolute atomic E-state index is 0.126. The Balaban J connectivity index is 1.49. The van der Waals surface area contributed by atoms with Crippen molar-refractivity contribution in [2.45, 2.75) is 38.5 Å². The molecular formula is C28H32N4O2. The summed E-state index contributed by atoms with van der Waals surface area (Å²) in [7, 11) is 8.03. The van der Waals surface area contributed by atoms with E-state index in [0.717, 1.165) is 48.7 Å². The van der Waals surface area contributed by atoms with Crippen molar-refractivity contribution in [2.24, 2.45) is 21.8 Å². The molecule has 34 heavy (non-hydrogen) atoms. The summed E-state index contributed by atoms with van der Waals surface area (Å²) in [6.45, 7) is 0. The molecule has 6 nitrogen and oxygen atoms in total. The van der Waals surface area contributed by atoms with Gasteiger partial charge in [0.15, 0.2) is 11.6 Å². The number of amidine groups is 2. The lowest BCUT2D eigenvalue weighted by atomic mass is 9.83. The van der Waals surface area contributed by atoms with Crippen LogP contribution < -0.4 is 0 Å². The van der Waals surface area contributed by atoms with Crippen LogP contribution in [0.3, 0.4) is 0 Å². The van der Waals surface area contributed by atoms with Crippen molar-refractivity contribution in [3.63, 3.8) is 0 Å². The smallest absolute Gasteiger partial charge is 0.194 e. The molecule has 2 aromatic carbocycles. The maximum Gasteiger partial charge on any atom is 0.194 e. The highest BCUT2D eigenvalue weighted by Gasteiger charge is 2.31. The second-order valence-electron chi connectivity index (χ2n) is 10.1. The highest BCUT2D eigenvalue weighted by atomic mass is 16.1. The third kappa shape index (κ3) is 3.95. The van der Waals surface area contributed by atoms with E-state index in [0.29, 0.717) is 34.1 Å². The van der Waals surface area contributed by atoms with Crippen LogP contribution in [-0.4, -0.2) is 61.2 Å². The zero-order chi connectivity index (χ0) is 24.0. The van der Waals surface area contributed by atoms with E-state index in [4.69, 9.17) is 9.98 Å². The van der Waals surface area contributed by atoms with E-state index in [1.165, 1.54) is 12.8 Å². The van der Waals surface area contributed by atoms with Crippen LogP contribution in [0.25, 0.3) is 0 Å². The fraction of sp³-hybridized carbons (Fsp3) is 0.429. The average molecular weight is 457 g/mol. The average Bonchev–Trinajstić information content (AvgIpc) is 2.74. The minimum atomic E-state index is -0.126. The Morgan fingerprint density at radius 1 is 0.647 bits per heavy atom. The predicted molar refractivity (Wildman–Crippen MR) is 136 cm³/mol. The third-order valence-electron chi connectivity index (χ3n) is 7.33. The van der Waals surface area contributed by atoms with Gasteiger partial charge in [0.05, 0.1) is 11.4 Å². The molecule has 0 amide bonds. The van der Waals surface area contributed by atoms with Crippen molar-refractivity contribution < 1.29 is 9.59 Å². The number of hydrogen-bond donors (Lipinski definition) is 0. The van der Waals surface area contributed by atoms with Crippen molar-refractivity contribution in [1.29, 1.82) is 0 Å². The normalized spacial score (nSPS) is 18.7. The molecule has 2 saturated carbocycles. The molecule has 3 aliphatic rings. The van der Waals surface area contributed by atoms with Gasteiger partial charge in [-0.15, -0.1) is 0 Å². The summed E-state index contributed by atoms with van der Waals surface area (Å²) in [6.07, 6.45) is 7.05. The molecule has 6 heteroatoms. The van der Waals surface area contributed by atoms with Crippen LogP contribution >= 0.6 is 0 Å². The van der Waals surface area contributed by atoms with Gasteiger partial charge >= 0.3 is 0 Å². The van der Waals surface area contributed by atoms with Crippen molar-refractivity contribution in [3.05, 3.63) is 58.7 Å². The Bertz CT molecular complexity index is 1120. The summed E-state index contributed by atoms with van der Waals surface area (Å²) in [5, 5.41) is 0. The Morgan fingerprint density at radius 3 is 1.32 bits per heavy atom. The molecule has 3 aliphatic carbocycles. The third-order valence-corrected chi connectivity index (χ3v) is 7.33. The van der Waals surface area contributed by atoms with Crippen LogP contribution in [0.4, 0.5) is 11.4 Å². The molecule has 0 heterocycles. The number of carbonyl (C=O) groups is 2. The van der Waals surface area contributed by atoms with Crippen molar-refractivity contribution in [3.8, 4) is 0 Å². The maximum absolute atomic E-state index is 13.4. The van der Waals surface area contributed by atoms with E-state index in [9.17, 15) is 9.59 Å². The number of fused-ring (bicyclic) bond motifs is 2. The first-order valence-electron chi connectivity index (χ1n) is 12.2. The second kappa shape index (κ2) is 8.82. The summed E-state index contributed by atoms with van der Waals surface area (Å²) < 4.78 is 0. The van der Waals surface area contributed by atoms with Gasteiger partial charge in [-0.25, -0.2) is 9.98 Å². The maximum atomic E-state index is 13.4. The number of rotatable bonds is 4. The highest BCUT2D eigenvalue weighted by Crippen LogP contribution is 2.35. The minimum Gasteiger partial charge on any atom is -0.366 e. The molecule has 0 spiro atoms. The summed E-state index contributed by atoms with van der Waals surface area (Å²) in [5.74, 6) is 2.75. The molecule has 0 N–H and O–H groups in total. The number of nitrogens with zero attached hydrogens (tertiary/aromatic N) is 4. The molecular weight excluding hydrogens is 424 g/mol. The lowest BCUT2D eigenvalue weighted by Crippen LogP contribution is -2.33. The SMILES string of the molecule is CN(C)C(=Nc1ccc2c(c1)C(=O)c1ccc(N=C(C3CCC3)N(C)C)cc1C2=O)C1CCC1. The number of aliphatic imine (C=N–C) groups is 2. The molecule has 0 bridgehead atoms. The highest BCUT2D eigenvalue weighted by molar-refractivity contribution is 6.28. The summed E-state index contributed by atoms with van der Waals surface area (Å²) >= 11 is 0. The van der Waals surface area contributed by atoms with Crippen LogP contribution in [0.1, 0.15) is 70.4 Å². The zero-order valence-corrected chi connectivity index (χ0v) is 20.5. The Hall–Kier alpha value is -3.28. The Kier molecular flexibility index (Phi) is 5.84. The van der Waals surface area contributed by atoms with Crippen LogP contribution in [0.2, 0.25) is 0 Å². The molecule has 0 radical (unpaired) electrons. The first kappa shape index (κ1) is 22.5. The number of hydrogen-bond acceptors (Lipinski definition) is 4. The van der Waals surface area contributed by atoms with E-state index < -0.39 is 0 Å². The van der Waals surface area contributed by atoms with E-state index in [1.54, 1.807) is 24.3 Å². The molecule has 0 saturated heterocycles. The van der Waals surface area contributed by atoms with Crippen LogP contribution in [0.15, 0.2) is 46.4 Å². The van der Waals surface area contributed by atoms with Crippen molar-refractivity contribution in [2.75, 3.05) is 28.2 Å². The monoisotopic (exact) mass is 456 g/mol. The van der Waals surface area contributed by atoms with Gasteiger partial charge in [0.1, 0.15) is 11.7 Å². The van der Waals surface area contributed by atoms with Gasteiger partial charge in [0, 0.05) is 62.3 Å². The Labute approximate surface area is 201 Å².